The Morgan fingerprint density at radius 3 is 2.78 bits per heavy atom. The van der Waals surface area contributed by atoms with E-state index in [1.807, 2.05) is 0 Å². The number of nitrogens with zero attached hydrogens (tertiary/aromatic N) is 5. The van der Waals surface area contributed by atoms with E-state index < -0.39 is 0 Å². The van der Waals surface area contributed by atoms with Gasteiger partial charge in [-0.05, 0) is 16.8 Å². The third-order valence-electron chi connectivity index (χ3n) is 3.15. The van der Waals surface area contributed by atoms with Crippen molar-refractivity contribution in [1.82, 2.24) is 25.5 Å². The van der Waals surface area contributed by atoms with Gasteiger partial charge >= 0.3 is 0 Å². The quantitative estimate of drug-likeness (QED) is 0.831. The lowest BCUT2D eigenvalue weighted by molar-refractivity contribution is 0.562. The van der Waals surface area contributed by atoms with Crippen LogP contribution in [0.4, 0.5) is 5.69 Å². The predicted octanol–water partition coefficient (Wildman–Crippen LogP) is 0.131. The second-order valence-electron chi connectivity index (χ2n) is 4.33. The van der Waals surface area contributed by atoms with Crippen LogP contribution in [0.2, 0.25) is 0 Å². The van der Waals surface area contributed by atoms with E-state index in [1.54, 1.807) is 4.80 Å². The molecule has 1 fully saturated rings. The average molecular weight is 244 g/mol. The maximum atomic E-state index is 4.06. The van der Waals surface area contributed by atoms with E-state index in [0.717, 1.165) is 26.2 Å². The molecular weight excluding hydrogens is 228 g/mol. The summed E-state index contributed by atoms with van der Waals surface area (Å²) in [6.45, 7) is 4.83. The van der Waals surface area contributed by atoms with Crippen LogP contribution in [0.1, 0.15) is 5.56 Å². The Morgan fingerprint density at radius 2 is 2.00 bits per heavy atom. The van der Waals surface area contributed by atoms with Gasteiger partial charge in [-0.25, -0.2) is 0 Å². The fraction of sp³-hybridized carbons (Fsp3) is 0.417. The minimum atomic E-state index is 0.667. The van der Waals surface area contributed by atoms with Gasteiger partial charge in [0, 0.05) is 31.9 Å². The summed E-state index contributed by atoms with van der Waals surface area (Å²) in [6, 6.07) is 8.42. The van der Waals surface area contributed by atoms with Gasteiger partial charge in [0.1, 0.15) is 0 Å². The van der Waals surface area contributed by atoms with Crippen molar-refractivity contribution in [3.05, 3.63) is 36.2 Å². The molecule has 2 heterocycles. The van der Waals surface area contributed by atoms with Gasteiger partial charge < -0.3 is 10.2 Å². The van der Waals surface area contributed by atoms with Crippen molar-refractivity contribution < 1.29 is 0 Å². The summed E-state index contributed by atoms with van der Waals surface area (Å²) < 4.78 is 0. The van der Waals surface area contributed by atoms with Crippen LogP contribution in [-0.2, 0) is 6.54 Å². The van der Waals surface area contributed by atoms with E-state index >= 15 is 0 Å². The van der Waals surface area contributed by atoms with E-state index in [4.69, 9.17) is 0 Å². The fourth-order valence-electron chi connectivity index (χ4n) is 2.27. The molecule has 0 radical (unpaired) electrons. The molecule has 1 aliphatic heterocycles. The van der Waals surface area contributed by atoms with Crippen LogP contribution >= 0.6 is 0 Å². The van der Waals surface area contributed by atoms with Crippen LogP contribution in [0, 0.1) is 0 Å². The molecular formula is C12H16N6. The van der Waals surface area contributed by atoms with Gasteiger partial charge in [-0.3, -0.25) is 0 Å². The Balaban J connectivity index is 1.84. The topological polar surface area (TPSA) is 58.9 Å². The van der Waals surface area contributed by atoms with E-state index in [2.05, 4.69) is 49.9 Å². The first kappa shape index (κ1) is 11.2. The zero-order chi connectivity index (χ0) is 12.2. The standard InChI is InChI=1S/C12H16N6/c1-2-4-12(17-7-5-13-6-8-17)11(3-1)9-18-15-10-14-16-18/h1-4,10,13H,5-9H2. The fourth-order valence-corrected chi connectivity index (χ4v) is 2.27. The number of hydrogen-bond acceptors (Lipinski definition) is 5. The Bertz CT molecular complexity index is 489. The molecule has 1 aromatic carbocycles. The SMILES string of the molecule is c1ccc(N2CCNCC2)c(Cn2ncnn2)c1. The summed E-state index contributed by atoms with van der Waals surface area (Å²) in [6.07, 6.45) is 1.47. The number of anilines is 1. The van der Waals surface area contributed by atoms with Crippen LogP contribution in [-0.4, -0.2) is 46.4 Å². The highest BCUT2D eigenvalue weighted by atomic mass is 15.6. The van der Waals surface area contributed by atoms with Crippen molar-refractivity contribution in [2.45, 2.75) is 6.54 Å². The summed E-state index contributed by atoms with van der Waals surface area (Å²) >= 11 is 0. The minimum Gasteiger partial charge on any atom is -0.369 e. The molecule has 1 saturated heterocycles. The average Bonchev–Trinajstić information content (AvgIpc) is 2.93. The Morgan fingerprint density at radius 1 is 1.17 bits per heavy atom. The number of piperazine rings is 1. The Labute approximate surface area is 106 Å². The second-order valence-corrected chi connectivity index (χ2v) is 4.33. The first-order valence-electron chi connectivity index (χ1n) is 6.18. The monoisotopic (exact) mass is 244 g/mol. The number of rotatable bonds is 3. The van der Waals surface area contributed by atoms with Crippen molar-refractivity contribution in [3.8, 4) is 0 Å². The largest absolute Gasteiger partial charge is 0.369 e. The summed E-state index contributed by atoms with van der Waals surface area (Å²) in [4.78, 5) is 4.02. The van der Waals surface area contributed by atoms with Gasteiger partial charge in [0.15, 0.2) is 6.33 Å². The van der Waals surface area contributed by atoms with Gasteiger partial charge in [0.2, 0.25) is 0 Å². The highest BCUT2D eigenvalue weighted by Gasteiger charge is 2.14. The lowest BCUT2D eigenvalue weighted by Gasteiger charge is -2.31. The van der Waals surface area contributed by atoms with E-state index in [1.165, 1.54) is 17.6 Å². The zero-order valence-electron chi connectivity index (χ0n) is 10.2. The van der Waals surface area contributed by atoms with Crippen molar-refractivity contribution in [2.75, 3.05) is 31.1 Å². The van der Waals surface area contributed by atoms with Crippen molar-refractivity contribution in [1.29, 1.82) is 0 Å². The van der Waals surface area contributed by atoms with Gasteiger partial charge in [-0.1, -0.05) is 18.2 Å². The molecule has 3 rings (SSSR count). The number of tetrazole rings is 1. The molecule has 1 aliphatic rings. The summed E-state index contributed by atoms with van der Waals surface area (Å²) in [7, 11) is 0. The van der Waals surface area contributed by atoms with Crippen LogP contribution in [0.3, 0.4) is 0 Å². The molecule has 0 spiro atoms. The highest BCUT2D eigenvalue weighted by molar-refractivity contribution is 5.54. The lowest BCUT2D eigenvalue weighted by atomic mass is 10.1. The van der Waals surface area contributed by atoms with Crippen LogP contribution in [0.15, 0.2) is 30.6 Å². The maximum absolute atomic E-state index is 4.06. The summed E-state index contributed by atoms with van der Waals surface area (Å²) in [5, 5.41) is 15.1. The first-order chi connectivity index (χ1) is 8.93. The lowest BCUT2D eigenvalue weighted by Crippen LogP contribution is -2.43. The van der Waals surface area contributed by atoms with E-state index in [9.17, 15) is 0 Å². The maximum Gasteiger partial charge on any atom is 0.162 e. The van der Waals surface area contributed by atoms with Gasteiger partial charge in [-0.2, -0.15) is 4.80 Å². The molecule has 0 bridgehead atoms. The smallest absolute Gasteiger partial charge is 0.162 e. The van der Waals surface area contributed by atoms with Crippen LogP contribution in [0.5, 0.6) is 0 Å². The number of hydrogen-bond donors (Lipinski definition) is 1. The molecule has 0 aliphatic carbocycles. The molecule has 1 N–H and O–H groups in total. The Hall–Kier alpha value is -1.95. The molecule has 0 unspecified atom stereocenters. The van der Waals surface area contributed by atoms with Crippen LogP contribution in [0.25, 0.3) is 0 Å². The normalized spacial score (nSPS) is 15.9. The van der Waals surface area contributed by atoms with E-state index in [-0.39, 0.29) is 0 Å². The van der Waals surface area contributed by atoms with E-state index in [0.29, 0.717) is 6.54 Å². The number of para-hydroxylation sites is 1. The van der Waals surface area contributed by atoms with Crippen molar-refractivity contribution in [3.63, 3.8) is 0 Å². The number of nitrogens with one attached hydrogen (secondary N) is 1. The molecule has 6 heteroatoms. The molecule has 0 amide bonds. The van der Waals surface area contributed by atoms with Gasteiger partial charge in [-0.15, -0.1) is 10.2 Å². The summed E-state index contributed by atoms with van der Waals surface area (Å²) in [5.41, 5.74) is 2.51. The number of aromatic nitrogens is 4. The molecule has 0 saturated carbocycles. The number of benzene rings is 1. The predicted molar refractivity (Wildman–Crippen MR) is 68.4 cm³/mol. The molecule has 1 aromatic heterocycles. The molecule has 2 aromatic rings. The van der Waals surface area contributed by atoms with Gasteiger partial charge in [0.05, 0.1) is 6.54 Å². The first-order valence-corrected chi connectivity index (χ1v) is 6.18. The Kier molecular flexibility index (Phi) is 3.18. The highest BCUT2D eigenvalue weighted by Crippen LogP contribution is 2.21. The van der Waals surface area contributed by atoms with Crippen LogP contribution < -0.4 is 10.2 Å². The van der Waals surface area contributed by atoms with Crippen molar-refractivity contribution >= 4 is 5.69 Å². The summed E-state index contributed by atoms with van der Waals surface area (Å²) in [5.74, 6) is 0. The second kappa shape index (κ2) is 5.14. The molecule has 18 heavy (non-hydrogen) atoms. The zero-order valence-corrected chi connectivity index (χ0v) is 10.2. The molecule has 6 nitrogen and oxygen atoms in total. The van der Waals surface area contributed by atoms with Gasteiger partial charge in [0.25, 0.3) is 0 Å². The van der Waals surface area contributed by atoms with Crippen molar-refractivity contribution in [2.24, 2.45) is 0 Å². The third-order valence-corrected chi connectivity index (χ3v) is 3.15. The third kappa shape index (κ3) is 2.33. The minimum absolute atomic E-state index is 0.667. The molecule has 94 valence electrons. The molecule has 0 atom stereocenters.